The van der Waals surface area contributed by atoms with E-state index in [1.54, 1.807) is 0 Å². The summed E-state index contributed by atoms with van der Waals surface area (Å²) in [5.41, 5.74) is 6.17. The molecule has 1 unspecified atom stereocenters. The number of fused-ring (bicyclic) bond motifs is 2. The van der Waals surface area contributed by atoms with Crippen LogP contribution < -0.4 is 10.2 Å². The molecule has 190 valence electrons. The lowest BCUT2D eigenvalue weighted by Gasteiger charge is -2.47. The van der Waals surface area contributed by atoms with Crippen LogP contribution in [0.1, 0.15) is 48.4 Å². The highest BCUT2D eigenvalue weighted by molar-refractivity contribution is 5.87. The zero-order valence-corrected chi connectivity index (χ0v) is 21.2. The molecule has 0 aromatic carbocycles. The Morgan fingerprint density at radius 2 is 1.94 bits per heavy atom. The lowest BCUT2D eigenvalue weighted by atomic mass is 9.90. The molecule has 1 N–H and O–H groups in total. The minimum absolute atomic E-state index is 0.0465. The Kier molecular flexibility index (Phi) is 6.39. The number of morpholine rings is 1. The number of hydrogen-bond donors (Lipinski definition) is 1. The van der Waals surface area contributed by atoms with E-state index < -0.39 is 0 Å². The van der Waals surface area contributed by atoms with Gasteiger partial charge in [-0.25, -0.2) is 4.98 Å². The van der Waals surface area contributed by atoms with E-state index in [1.807, 2.05) is 11.1 Å². The molecule has 2 aromatic heterocycles. The van der Waals surface area contributed by atoms with Crippen LogP contribution >= 0.6 is 0 Å². The first-order valence-corrected chi connectivity index (χ1v) is 13.3. The molecule has 3 saturated heterocycles. The Labute approximate surface area is 213 Å². The molecular formula is C28H36N6O2. The normalized spacial score (nSPS) is 23.2. The van der Waals surface area contributed by atoms with Crippen LogP contribution in [0.5, 0.6) is 0 Å². The summed E-state index contributed by atoms with van der Waals surface area (Å²) in [4.78, 5) is 28.3. The summed E-state index contributed by atoms with van der Waals surface area (Å²) < 4.78 is 5.58. The zero-order valence-electron chi connectivity index (χ0n) is 21.2. The minimum Gasteiger partial charge on any atom is -0.378 e. The van der Waals surface area contributed by atoms with Gasteiger partial charge in [0.05, 0.1) is 13.2 Å². The predicted octanol–water partition coefficient (Wildman–Crippen LogP) is 3.29. The number of aromatic nitrogens is 2. The van der Waals surface area contributed by atoms with Gasteiger partial charge in [0.25, 0.3) is 0 Å². The van der Waals surface area contributed by atoms with Gasteiger partial charge >= 0.3 is 0 Å². The molecule has 8 nitrogen and oxygen atoms in total. The molecule has 2 aromatic rings. The molecule has 3 fully saturated rings. The highest BCUT2D eigenvalue weighted by Gasteiger charge is 2.36. The van der Waals surface area contributed by atoms with E-state index in [2.05, 4.69) is 46.9 Å². The maximum Gasteiger partial charge on any atom is 0.246 e. The molecule has 0 aliphatic carbocycles. The summed E-state index contributed by atoms with van der Waals surface area (Å²) in [5, 5.41) is 3.69. The molecule has 0 saturated carbocycles. The highest BCUT2D eigenvalue weighted by Crippen LogP contribution is 2.41. The van der Waals surface area contributed by atoms with E-state index in [-0.39, 0.29) is 5.91 Å². The molecular weight excluding hydrogens is 452 g/mol. The van der Waals surface area contributed by atoms with E-state index in [9.17, 15) is 4.79 Å². The maximum atomic E-state index is 11.8. The summed E-state index contributed by atoms with van der Waals surface area (Å²) in [5.74, 6) is 1.84. The number of pyridine rings is 2. The van der Waals surface area contributed by atoms with Crippen molar-refractivity contribution in [1.29, 1.82) is 0 Å². The van der Waals surface area contributed by atoms with Crippen molar-refractivity contribution in [3.8, 4) is 0 Å². The van der Waals surface area contributed by atoms with Gasteiger partial charge in [0.2, 0.25) is 5.91 Å². The SMILES string of the molecule is C=CC(=O)N1CC(N2CCC(c3cc4c(cn3)CC(C)c3c(N5CCOCC5)ccnc3N4)CC2)C1. The van der Waals surface area contributed by atoms with Gasteiger partial charge in [-0.05, 0) is 62.0 Å². The molecule has 6 rings (SSSR count). The number of piperidine rings is 1. The van der Waals surface area contributed by atoms with Crippen LogP contribution in [0, 0.1) is 0 Å². The van der Waals surface area contributed by atoms with Crippen LogP contribution in [-0.2, 0) is 16.0 Å². The first-order valence-electron chi connectivity index (χ1n) is 13.3. The van der Waals surface area contributed by atoms with Crippen LogP contribution in [0.15, 0.2) is 37.2 Å². The third-order valence-corrected chi connectivity index (χ3v) is 8.41. The van der Waals surface area contributed by atoms with Gasteiger partial charge in [0, 0.05) is 73.2 Å². The Balaban J connectivity index is 1.16. The number of carbonyl (C=O) groups is 1. The van der Waals surface area contributed by atoms with Crippen molar-refractivity contribution in [2.45, 2.75) is 44.1 Å². The Morgan fingerprint density at radius 1 is 1.17 bits per heavy atom. The van der Waals surface area contributed by atoms with E-state index >= 15 is 0 Å². The fraction of sp³-hybridized carbons (Fsp3) is 0.536. The molecule has 8 heteroatoms. The van der Waals surface area contributed by atoms with Gasteiger partial charge in [-0.15, -0.1) is 0 Å². The fourth-order valence-corrected chi connectivity index (χ4v) is 6.25. The summed E-state index contributed by atoms with van der Waals surface area (Å²) >= 11 is 0. The summed E-state index contributed by atoms with van der Waals surface area (Å²) in [6.07, 6.45) is 8.58. The number of nitrogens with zero attached hydrogens (tertiary/aromatic N) is 5. The van der Waals surface area contributed by atoms with Gasteiger partial charge in [0.15, 0.2) is 0 Å². The van der Waals surface area contributed by atoms with E-state index in [0.29, 0.717) is 17.9 Å². The van der Waals surface area contributed by atoms with Crippen LogP contribution in [0.25, 0.3) is 0 Å². The van der Waals surface area contributed by atoms with Crippen molar-refractivity contribution in [3.63, 3.8) is 0 Å². The van der Waals surface area contributed by atoms with Gasteiger partial charge < -0.3 is 19.9 Å². The largest absolute Gasteiger partial charge is 0.378 e. The van der Waals surface area contributed by atoms with Gasteiger partial charge in [0.1, 0.15) is 5.82 Å². The van der Waals surface area contributed by atoms with Crippen LogP contribution in [-0.4, -0.2) is 84.2 Å². The van der Waals surface area contributed by atoms with Crippen molar-refractivity contribution >= 4 is 23.1 Å². The summed E-state index contributed by atoms with van der Waals surface area (Å²) in [7, 11) is 0. The molecule has 4 aliphatic rings. The van der Waals surface area contributed by atoms with E-state index in [1.165, 1.54) is 28.6 Å². The first kappa shape index (κ1) is 23.4. The van der Waals surface area contributed by atoms with E-state index in [4.69, 9.17) is 14.7 Å². The monoisotopic (exact) mass is 488 g/mol. The van der Waals surface area contributed by atoms with E-state index in [0.717, 1.165) is 83.3 Å². The van der Waals surface area contributed by atoms with Crippen molar-refractivity contribution in [2.24, 2.45) is 0 Å². The third-order valence-electron chi connectivity index (χ3n) is 8.41. The van der Waals surface area contributed by atoms with Gasteiger partial charge in [-0.2, -0.15) is 0 Å². The second kappa shape index (κ2) is 9.82. The van der Waals surface area contributed by atoms with Crippen molar-refractivity contribution in [1.82, 2.24) is 19.8 Å². The molecule has 0 radical (unpaired) electrons. The van der Waals surface area contributed by atoms with Crippen molar-refractivity contribution in [2.75, 3.05) is 62.7 Å². The van der Waals surface area contributed by atoms with Gasteiger partial charge in [-0.1, -0.05) is 13.5 Å². The molecule has 1 atom stereocenters. The second-order valence-electron chi connectivity index (χ2n) is 10.6. The number of carbonyl (C=O) groups excluding carboxylic acids is 1. The second-order valence-corrected chi connectivity index (χ2v) is 10.6. The fourth-order valence-electron chi connectivity index (χ4n) is 6.25. The van der Waals surface area contributed by atoms with Crippen LogP contribution in [0.4, 0.5) is 17.2 Å². The molecule has 0 spiro atoms. The molecule has 4 aliphatic heterocycles. The summed E-state index contributed by atoms with van der Waals surface area (Å²) in [6, 6.07) is 4.92. The third kappa shape index (κ3) is 4.37. The van der Waals surface area contributed by atoms with Crippen LogP contribution in [0.2, 0.25) is 0 Å². The number of anilines is 3. The Bertz CT molecular complexity index is 1130. The quantitative estimate of drug-likeness (QED) is 0.662. The number of nitrogens with one attached hydrogen (secondary N) is 1. The number of hydrogen-bond acceptors (Lipinski definition) is 7. The van der Waals surface area contributed by atoms with Crippen LogP contribution in [0.3, 0.4) is 0 Å². The lowest BCUT2D eigenvalue weighted by Crippen LogP contribution is -2.61. The average molecular weight is 489 g/mol. The van der Waals surface area contributed by atoms with Crippen molar-refractivity contribution in [3.05, 3.63) is 54.0 Å². The number of rotatable bonds is 4. The maximum absolute atomic E-state index is 11.8. The molecule has 1 amide bonds. The number of likely N-dealkylation sites (tertiary alicyclic amines) is 2. The first-order chi connectivity index (χ1) is 17.6. The molecule has 36 heavy (non-hydrogen) atoms. The topological polar surface area (TPSA) is 73.8 Å². The standard InChI is InChI=1S/C28H36N6O2/c1-3-26(35)34-17-22(18-34)32-8-5-20(6-9-32)23-15-24-21(16-30-23)14-19(2)27-25(4-7-29-28(27)31-24)33-10-12-36-13-11-33/h3-4,7,15-16,19-20,22H,1,5-6,8-14,17-18H2,2H3,(H,29,31). The highest BCUT2D eigenvalue weighted by atomic mass is 16.5. The van der Waals surface area contributed by atoms with Crippen molar-refractivity contribution < 1.29 is 9.53 Å². The summed E-state index contributed by atoms with van der Waals surface area (Å²) in [6.45, 7) is 13.1. The van der Waals surface area contributed by atoms with Gasteiger partial charge in [-0.3, -0.25) is 14.7 Å². The number of amides is 1. The molecule has 0 bridgehead atoms. The zero-order chi connectivity index (χ0) is 24.6. The average Bonchev–Trinajstić information content (AvgIpc) is 3.03. The smallest absolute Gasteiger partial charge is 0.246 e. The lowest BCUT2D eigenvalue weighted by molar-refractivity contribution is -0.133. The number of ether oxygens (including phenoxy) is 1. The Morgan fingerprint density at radius 3 is 2.69 bits per heavy atom. The minimum atomic E-state index is 0.0465. The molecule has 6 heterocycles. The predicted molar refractivity (Wildman–Crippen MR) is 141 cm³/mol. The Hall–Kier alpha value is -2.97.